The quantitative estimate of drug-likeness (QED) is 0.837. The number of carbonyl (C=O) groups is 1. The lowest BCUT2D eigenvalue weighted by Crippen LogP contribution is -2.11. The third-order valence-corrected chi connectivity index (χ3v) is 3.96. The molecule has 0 saturated carbocycles. The molecule has 20 heavy (non-hydrogen) atoms. The second-order valence-electron chi connectivity index (χ2n) is 4.09. The number of hydrogen-bond donors (Lipinski definition) is 2. The van der Waals surface area contributed by atoms with E-state index in [1.807, 2.05) is 18.4 Å². The number of aryl methyl sites for hydroxylation is 1. The first kappa shape index (κ1) is 14.6. The maximum Gasteiger partial charge on any atom is 0.266 e. The van der Waals surface area contributed by atoms with Crippen LogP contribution in [0, 0.1) is 18.8 Å². The van der Waals surface area contributed by atoms with Crippen molar-refractivity contribution in [1.82, 2.24) is 0 Å². The van der Waals surface area contributed by atoms with Crippen LogP contribution in [0.4, 0.5) is 5.69 Å². The average Bonchev–Trinajstić information content (AvgIpc) is 2.86. The standard InChI is InChI=1S/C15H13ClN2OS/c1-10-6-8-20-14(10)15(19)18-13-9-11(3-2-7-17)4-5-12(13)16/h4-6,8-9H,7,17H2,1H3,(H,18,19). The molecular formula is C15H13ClN2OS. The van der Waals surface area contributed by atoms with Gasteiger partial charge in [0.25, 0.3) is 5.91 Å². The number of halogens is 1. The summed E-state index contributed by atoms with van der Waals surface area (Å²) in [5, 5.41) is 5.17. The maximum absolute atomic E-state index is 12.2. The summed E-state index contributed by atoms with van der Waals surface area (Å²) in [5.41, 5.74) is 7.60. The topological polar surface area (TPSA) is 55.1 Å². The zero-order valence-electron chi connectivity index (χ0n) is 10.9. The van der Waals surface area contributed by atoms with Crippen molar-refractivity contribution >= 4 is 34.5 Å². The number of thiophene rings is 1. The molecule has 0 aliphatic heterocycles. The minimum absolute atomic E-state index is 0.164. The summed E-state index contributed by atoms with van der Waals surface area (Å²) >= 11 is 7.49. The Kier molecular flexibility index (Phi) is 4.80. The number of amides is 1. The zero-order valence-corrected chi connectivity index (χ0v) is 12.4. The highest BCUT2D eigenvalue weighted by atomic mass is 35.5. The van der Waals surface area contributed by atoms with E-state index in [9.17, 15) is 4.79 Å². The third kappa shape index (κ3) is 3.40. The number of hydrogen-bond acceptors (Lipinski definition) is 3. The van der Waals surface area contributed by atoms with Gasteiger partial charge in [0, 0.05) is 5.56 Å². The van der Waals surface area contributed by atoms with Crippen molar-refractivity contribution in [2.75, 3.05) is 11.9 Å². The Hall–Kier alpha value is -1.80. The van der Waals surface area contributed by atoms with Gasteiger partial charge in [-0.05, 0) is 42.1 Å². The molecule has 0 aliphatic rings. The van der Waals surface area contributed by atoms with E-state index < -0.39 is 0 Å². The van der Waals surface area contributed by atoms with Crippen LogP contribution in [-0.2, 0) is 0 Å². The van der Waals surface area contributed by atoms with Crippen LogP contribution in [0.3, 0.4) is 0 Å². The smallest absolute Gasteiger partial charge is 0.266 e. The van der Waals surface area contributed by atoms with E-state index in [1.165, 1.54) is 11.3 Å². The van der Waals surface area contributed by atoms with Gasteiger partial charge in [-0.2, -0.15) is 0 Å². The Bertz CT molecular complexity index is 697. The van der Waals surface area contributed by atoms with Gasteiger partial charge in [-0.1, -0.05) is 23.4 Å². The molecule has 3 nitrogen and oxygen atoms in total. The van der Waals surface area contributed by atoms with Gasteiger partial charge in [-0.25, -0.2) is 0 Å². The summed E-state index contributed by atoms with van der Waals surface area (Å²) < 4.78 is 0. The van der Waals surface area contributed by atoms with Crippen LogP contribution < -0.4 is 11.1 Å². The first-order valence-corrected chi connectivity index (χ1v) is 7.21. The second-order valence-corrected chi connectivity index (χ2v) is 5.41. The summed E-state index contributed by atoms with van der Waals surface area (Å²) in [6.07, 6.45) is 0. The van der Waals surface area contributed by atoms with E-state index in [0.29, 0.717) is 22.1 Å². The van der Waals surface area contributed by atoms with E-state index in [1.54, 1.807) is 18.2 Å². The summed E-state index contributed by atoms with van der Waals surface area (Å²) in [5.74, 6) is 5.51. The molecule has 0 radical (unpaired) electrons. The van der Waals surface area contributed by atoms with Crippen molar-refractivity contribution in [3.63, 3.8) is 0 Å². The van der Waals surface area contributed by atoms with Crippen LogP contribution in [-0.4, -0.2) is 12.5 Å². The molecule has 0 bridgehead atoms. The van der Waals surface area contributed by atoms with Crippen molar-refractivity contribution in [3.05, 3.63) is 50.7 Å². The fourth-order valence-corrected chi connectivity index (χ4v) is 2.62. The molecule has 1 aromatic heterocycles. The van der Waals surface area contributed by atoms with Crippen LogP contribution >= 0.6 is 22.9 Å². The largest absolute Gasteiger partial charge is 0.320 e. The van der Waals surface area contributed by atoms with Gasteiger partial charge in [0.1, 0.15) is 0 Å². The summed E-state index contributed by atoms with van der Waals surface area (Å²) in [7, 11) is 0. The highest BCUT2D eigenvalue weighted by Crippen LogP contribution is 2.25. The second kappa shape index (κ2) is 6.58. The van der Waals surface area contributed by atoms with Crippen LogP contribution in [0.2, 0.25) is 5.02 Å². The highest BCUT2D eigenvalue weighted by molar-refractivity contribution is 7.12. The molecule has 0 spiro atoms. The van der Waals surface area contributed by atoms with Crippen molar-refractivity contribution < 1.29 is 4.79 Å². The molecule has 1 heterocycles. The number of anilines is 1. The van der Waals surface area contributed by atoms with E-state index in [0.717, 1.165) is 11.1 Å². The average molecular weight is 305 g/mol. The summed E-state index contributed by atoms with van der Waals surface area (Å²) in [6.45, 7) is 2.19. The number of nitrogens with two attached hydrogens (primary N) is 1. The van der Waals surface area contributed by atoms with Gasteiger partial charge in [-0.15, -0.1) is 11.3 Å². The Labute approximate surface area is 126 Å². The molecule has 102 valence electrons. The molecule has 2 rings (SSSR count). The van der Waals surface area contributed by atoms with Crippen LogP contribution in [0.25, 0.3) is 0 Å². The predicted octanol–water partition coefficient (Wildman–Crippen LogP) is 3.27. The molecule has 0 atom stereocenters. The Morgan fingerprint density at radius 1 is 1.45 bits per heavy atom. The minimum atomic E-state index is -0.164. The SMILES string of the molecule is Cc1ccsc1C(=O)Nc1cc(C#CCN)ccc1Cl. The van der Waals surface area contributed by atoms with Crippen LogP contribution in [0.5, 0.6) is 0 Å². The predicted molar refractivity (Wildman–Crippen MR) is 84.4 cm³/mol. The zero-order chi connectivity index (χ0) is 14.5. The van der Waals surface area contributed by atoms with Crippen LogP contribution in [0.1, 0.15) is 20.8 Å². The lowest BCUT2D eigenvalue weighted by molar-refractivity contribution is 0.103. The molecule has 0 saturated heterocycles. The number of rotatable bonds is 2. The van der Waals surface area contributed by atoms with E-state index >= 15 is 0 Å². The van der Waals surface area contributed by atoms with Crippen LogP contribution in [0.15, 0.2) is 29.6 Å². The van der Waals surface area contributed by atoms with Gasteiger partial charge in [-0.3, -0.25) is 4.79 Å². The highest BCUT2D eigenvalue weighted by Gasteiger charge is 2.12. The molecule has 0 unspecified atom stereocenters. The van der Waals surface area contributed by atoms with Gasteiger partial charge in [0.15, 0.2) is 0 Å². The van der Waals surface area contributed by atoms with Crippen molar-refractivity contribution in [2.24, 2.45) is 5.73 Å². The molecule has 3 N–H and O–H groups in total. The monoisotopic (exact) mass is 304 g/mol. The van der Waals surface area contributed by atoms with Gasteiger partial charge >= 0.3 is 0 Å². The van der Waals surface area contributed by atoms with E-state index in [4.69, 9.17) is 17.3 Å². The summed E-state index contributed by atoms with van der Waals surface area (Å²) in [6, 6.07) is 7.15. The molecule has 5 heteroatoms. The van der Waals surface area contributed by atoms with E-state index in [2.05, 4.69) is 17.2 Å². The van der Waals surface area contributed by atoms with Crippen molar-refractivity contribution in [2.45, 2.75) is 6.92 Å². The molecule has 1 aromatic carbocycles. The molecule has 2 aromatic rings. The lowest BCUT2D eigenvalue weighted by Gasteiger charge is -2.07. The number of carbonyl (C=O) groups excluding carboxylic acids is 1. The molecular weight excluding hydrogens is 292 g/mol. The Morgan fingerprint density at radius 2 is 2.25 bits per heavy atom. The lowest BCUT2D eigenvalue weighted by atomic mass is 10.2. The molecule has 0 aliphatic carbocycles. The third-order valence-electron chi connectivity index (χ3n) is 2.62. The maximum atomic E-state index is 12.2. The fraction of sp³-hybridized carbons (Fsp3) is 0.133. The first-order valence-electron chi connectivity index (χ1n) is 5.95. The van der Waals surface area contributed by atoms with Crippen molar-refractivity contribution in [3.8, 4) is 11.8 Å². The fourth-order valence-electron chi connectivity index (χ4n) is 1.64. The number of benzene rings is 1. The molecule has 0 fully saturated rings. The Morgan fingerprint density at radius 3 is 2.90 bits per heavy atom. The number of nitrogens with one attached hydrogen (secondary N) is 1. The summed E-state index contributed by atoms with van der Waals surface area (Å²) in [4.78, 5) is 12.8. The van der Waals surface area contributed by atoms with Gasteiger partial charge < -0.3 is 11.1 Å². The van der Waals surface area contributed by atoms with Gasteiger partial charge in [0.2, 0.25) is 0 Å². The minimum Gasteiger partial charge on any atom is -0.320 e. The normalized spacial score (nSPS) is 9.75. The van der Waals surface area contributed by atoms with E-state index in [-0.39, 0.29) is 5.91 Å². The Balaban J connectivity index is 2.25. The molecule has 1 amide bonds. The van der Waals surface area contributed by atoms with Crippen molar-refractivity contribution in [1.29, 1.82) is 0 Å². The first-order chi connectivity index (χ1) is 9.61. The van der Waals surface area contributed by atoms with Gasteiger partial charge in [0.05, 0.1) is 22.1 Å².